The van der Waals surface area contributed by atoms with Crippen molar-refractivity contribution in [2.24, 2.45) is 0 Å². The first-order chi connectivity index (χ1) is 12.5. The van der Waals surface area contributed by atoms with Crippen LogP contribution in [0.4, 0.5) is 8.78 Å². The number of nitrogens with zero attached hydrogens (tertiary/aromatic N) is 4. The number of alkyl halides is 2. The van der Waals surface area contributed by atoms with Crippen molar-refractivity contribution in [2.45, 2.75) is 33.4 Å². The minimum absolute atomic E-state index is 0.265. The Morgan fingerprint density at radius 2 is 2.08 bits per heavy atom. The summed E-state index contributed by atoms with van der Waals surface area (Å²) in [5.74, 6) is -0.265. The number of nitrogens with one attached hydrogen (secondary N) is 1. The number of rotatable bonds is 6. The Balaban J connectivity index is 1.75. The lowest BCUT2D eigenvalue weighted by Gasteiger charge is -2.05. The molecule has 0 saturated heterocycles. The topological polar surface area (TPSA) is 72.7 Å². The lowest BCUT2D eigenvalue weighted by Crippen LogP contribution is -2.22. The SMILES string of the molecule is CCc1nnc(CNC(=O)c2cccc(-c3cn(C(F)F)nc3C)c2)s1. The molecule has 0 fully saturated rings. The number of aryl methyl sites for hydroxylation is 2. The zero-order valence-corrected chi connectivity index (χ0v) is 15.1. The van der Waals surface area contributed by atoms with Crippen LogP contribution in [0.1, 0.15) is 39.5 Å². The summed E-state index contributed by atoms with van der Waals surface area (Å²) in [5.41, 5.74) is 2.14. The second-order valence-corrected chi connectivity index (χ2v) is 6.74. The molecule has 9 heteroatoms. The normalized spacial score (nSPS) is 11.1. The molecule has 3 aromatic rings. The Morgan fingerprint density at radius 3 is 2.73 bits per heavy atom. The van der Waals surface area contributed by atoms with Crippen molar-refractivity contribution in [1.82, 2.24) is 25.3 Å². The molecule has 2 aromatic heterocycles. The van der Waals surface area contributed by atoms with Crippen LogP contribution < -0.4 is 5.32 Å². The first-order valence-corrected chi connectivity index (χ1v) is 8.83. The molecule has 3 rings (SSSR count). The van der Waals surface area contributed by atoms with Crippen molar-refractivity contribution in [2.75, 3.05) is 0 Å². The first kappa shape index (κ1) is 18.1. The number of benzene rings is 1. The van der Waals surface area contributed by atoms with Gasteiger partial charge in [0.1, 0.15) is 10.0 Å². The third kappa shape index (κ3) is 3.93. The van der Waals surface area contributed by atoms with Crippen LogP contribution in [-0.4, -0.2) is 25.9 Å². The van der Waals surface area contributed by atoms with Gasteiger partial charge in [0.25, 0.3) is 5.91 Å². The summed E-state index contributed by atoms with van der Waals surface area (Å²) in [4.78, 5) is 12.4. The number of hydrogen-bond donors (Lipinski definition) is 1. The number of aromatic nitrogens is 4. The van der Waals surface area contributed by atoms with Gasteiger partial charge < -0.3 is 5.32 Å². The van der Waals surface area contributed by atoms with Crippen LogP contribution in [0.3, 0.4) is 0 Å². The maximum atomic E-state index is 12.8. The average molecular weight is 377 g/mol. The lowest BCUT2D eigenvalue weighted by atomic mass is 10.0. The fourth-order valence-corrected chi connectivity index (χ4v) is 3.18. The maximum Gasteiger partial charge on any atom is 0.333 e. The Labute approximate surface area is 152 Å². The van der Waals surface area contributed by atoms with Crippen molar-refractivity contribution < 1.29 is 13.6 Å². The van der Waals surface area contributed by atoms with E-state index in [0.717, 1.165) is 16.4 Å². The molecule has 0 saturated carbocycles. The van der Waals surface area contributed by atoms with Gasteiger partial charge in [-0.3, -0.25) is 4.79 Å². The molecule has 26 heavy (non-hydrogen) atoms. The van der Waals surface area contributed by atoms with Crippen molar-refractivity contribution in [3.05, 3.63) is 51.7 Å². The molecule has 1 amide bonds. The predicted octanol–water partition coefficient (Wildman–Crippen LogP) is 3.60. The molecular formula is C17H17F2N5OS. The number of halogens is 2. The molecule has 6 nitrogen and oxygen atoms in total. The molecule has 0 radical (unpaired) electrons. The van der Waals surface area contributed by atoms with Gasteiger partial charge >= 0.3 is 6.55 Å². The molecule has 0 aliphatic heterocycles. The van der Waals surface area contributed by atoms with E-state index in [1.807, 2.05) is 6.92 Å². The predicted molar refractivity (Wildman–Crippen MR) is 94.1 cm³/mol. The molecule has 0 spiro atoms. The van der Waals surface area contributed by atoms with Gasteiger partial charge in [0.05, 0.1) is 12.2 Å². The van der Waals surface area contributed by atoms with Gasteiger partial charge in [0.15, 0.2) is 0 Å². The molecule has 0 aliphatic rings. The summed E-state index contributed by atoms with van der Waals surface area (Å²) in [6.45, 7) is 1.24. The Kier molecular flexibility index (Phi) is 5.36. The molecule has 1 aromatic carbocycles. The summed E-state index contributed by atoms with van der Waals surface area (Å²) in [5, 5.41) is 16.3. The zero-order valence-electron chi connectivity index (χ0n) is 14.2. The Hall–Kier alpha value is -2.68. The van der Waals surface area contributed by atoms with Crippen LogP contribution in [0.15, 0.2) is 30.5 Å². The van der Waals surface area contributed by atoms with Crippen molar-refractivity contribution >= 4 is 17.2 Å². The number of hydrogen-bond acceptors (Lipinski definition) is 5. The smallest absolute Gasteiger partial charge is 0.333 e. The van der Waals surface area contributed by atoms with Crippen molar-refractivity contribution in [1.29, 1.82) is 0 Å². The molecule has 136 valence electrons. The van der Waals surface area contributed by atoms with E-state index in [2.05, 4.69) is 20.6 Å². The highest BCUT2D eigenvalue weighted by Crippen LogP contribution is 2.25. The average Bonchev–Trinajstić information content (AvgIpc) is 3.26. The van der Waals surface area contributed by atoms with E-state index in [9.17, 15) is 13.6 Å². The van der Waals surface area contributed by atoms with Gasteiger partial charge in [0, 0.05) is 17.3 Å². The second kappa shape index (κ2) is 7.69. The van der Waals surface area contributed by atoms with Crippen LogP contribution in [0, 0.1) is 6.92 Å². The maximum absolute atomic E-state index is 12.8. The van der Waals surface area contributed by atoms with E-state index in [1.165, 1.54) is 17.5 Å². The highest BCUT2D eigenvalue weighted by molar-refractivity contribution is 7.11. The summed E-state index contributed by atoms with van der Waals surface area (Å²) in [6, 6.07) is 6.80. The van der Waals surface area contributed by atoms with E-state index in [0.29, 0.717) is 33.6 Å². The van der Waals surface area contributed by atoms with E-state index in [1.54, 1.807) is 31.2 Å². The molecular weight excluding hydrogens is 360 g/mol. The van der Waals surface area contributed by atoms with E-state index in [-0.39, 0.29) is 5.91 Å². The molecule has 1 N–H and O–H groups in total. The minimum Gasteiger partial charge on any atom is -0.345 e. The monoisotopic (exact) mass is 377 g/mol. The number of amides is 1. The van der Waals surface area contributed by atoms with Crippen molar-refractivity contribution in [3.8, 4) is 11.1 Å². The standard InChI is InChI=1S/C17H17F2N5OS/c1-3-14-21-22-15(26-14)8-20-16(25)12-6-4-5-11(7-12)13-9-24(17(18)19)23-10(13)2/h4-7,9,17H,3,8H2,1-2H3,(H,20,25). The van der Waals surface area contributed by atoms with Gasteiger partial charge in [-0.05, 0) is 31.0 Å². The third-order valence-electron chi connectivity index (χ3n) is 3.76. The summed E-state index contributed by atoms with van der Waals surface area (Å²) in [7, 11) is 0. The van der Waals surface area contributed by atoms with Gasteiger partial charge in [-0.2, -0.15) is 13.9 Å². The van der Waals surface area contributed by atoms with E-state index in [4.69, 9.17) is 0 Å². The highest BCUT2D eigenvalue weighted by atomic mass is 32.1. The van der Waals surface area contributed by atoms with Crippen LogP contribution in [0.5, 0.6) is 0 Å². The summed E-state index contributed by atoms with van der Waals surface area (Å²) < 4.78 is 26.2. The van der Waals surface area contributed by atoms with Gasteiger partial charge in [-0.1, -0.05) is 30.4 Å². The molecule has 2 heterocycles. The van der Waals surface area contributed by atoms with E-state index < -0.39 is 6.55 Å². The fourth-order valence-electron chi connectivity index (χ4n) is 2.45. The van der Waals surface area contributed by atoms with Crippen molar-refractivity contribution in [3.63, 3.8) is 0 Å². The molecule has 0 atom stereocenters. The number of carbonyl (C=O) groups is 1. The Morgan fingerprint density at radius 1 is 1.31 bits per heavy atom. The molecule has 0 aliphatic carbocycles. The highest BCUT2D eigenvalue weighted by Gasteiger charge is 2.14. The van der Waals surface area contributed by atoms with Gasteiger partial charge in [-0.25, -0.2) is 4.68 Å². The summed E-state index contributed by atoms with van der Waals surface area (Å²) >= 11 is 1.46. The lowest BCUT2D eigenvalue weighted by molar-refractivity contribution is 0.0563. The third-order valence-corrected chi connectivity index (χ3v) is 4.83. The second-order valence-electron chi connectivity index (χ2n) is 5.59. The molecule has 0 unspecified atom stereocenters. The largest absolute Gasteiger partial charge is 0.345 e. The fraction of sp³-hybridized carbons (Fsp3) is 0.294. The summed E-state index contributed by atoms with van der Waals surface area (Å²) in [6.07, 6.45) is 2.09. The van der Waals surface area contributed by atoms with Crippen LogP contribution >= 0.6 is 11.3 Å². The first-order valence-electron chi connectivity index (χ1n) is 8.01. The number of carbonyl (C=O) groups excluding carboxylic acids is 1. The quantitative estimate of drug-likeness (QED) is 0.712. The van der Waals surface area contributed by atoms with Crippen LogP contribution in [-0.2, 0) is 13.0 Å². The Bertz CT molecular complexity index is 922. The minimum atomic E-state index is -2.70. The van der Waals surface area contributed by atoms with E-state index >= 15 is 0 Å². The van der Waals surface area contributed by atoms with Gasteiger partial charge in [0.2, 0.25) is 0 Å². The van der Waals surface area contributed by atoms with Gasteiger partial charge in [-0.15, -0.1) is 10.2 Å². The van der Waals surface area contributed by atoms with Crippen LogP contribution in [0.25, 0.3) is 11.1 Å². The molecule has 0 bridgehead atoms. The zero-order chi connectivity index (χ0) is 18.7. The van der Waals surface area contributed by atoms with Crippen LogP contribution in [0.2, 0.25) is 0 Å².